The van der Waals surface area contributed by atoms with Crippen molar-refractivity contribution in [3.05, 3.63) is 65.0 Å². The lowest BCUT2D eigenvalue weighted by atomic mass is 10.1. The average molecular weight is 313 g/mol. The van der Waals surface area contributed by atoms with Gasteiger partial charge in [0.1, 0.15) is 5.82 Å². The molecule has 0 atom stereocenters. The molecule has 2 aromatic carbocycles. The van der Waals surface area contributed by atoms with Crippen molar-refractivity contribution >= 4 is 23.9 Å². The number of rotatable bonds is 4. The molecule has 110 valence electrons. The number of hydrogen-bond donors (Lipinski definition) is 1. The Balaban J connectivity index is 2.03. The third-order valence-corrected chi connectivity index (χ3v) is 3.58. The highest BCUT2D eigenvalue weighted by Crippen LogP contribution is 2.14. The zero-order valence-electron chi connectivity index (χ0n) is 11.7. The van der Waals surface area contributed by atoms with Crippen LogP contribution in [0, 0.1) is 17.1 Å². The molecule has 0 spiro atoms. The molecular formula is C16H12FN3OS. The second-order valence-electron chi connectivity index (χ2n) is 4.28. The van der Waals surface area contributed by atoms with Crippen molar-refractivity contribution in [1.29, 1.82) is 5.26 Å². The van der Waals surface area contributed by atoms with Gasteiger partial charge >= 0.3 is 0 Å². The van der Waals surface area contributed by atoms with Gasteiger partial charge in [-0.1, -0.05) is 12.1 Å². The van der Waals surface area contributed by atoms with E-state index < -0.39 is 11.7 Å². The van der Waals surface area contributed by atoms with E-state index in [-0.39, 0.29) is 11.1 Å². The van der Waals surface area contributed by atoms with Gasteiger partial charge in [-0.25, -0.2) is 9.82 Å². The summed E-state index contributed by atoms with van der Waals surface area (Å²) in [6.07, 6.45) is 3.46. The molecule has 4 nitrogen and oxygen atoms in total. The molecule has 0 unspecified atom stereocenters. The Morgan fingerprint density at radius 2 is 2.05 bits per heavy atom. The first-order valence-corrected chi connectivity index (χ1v) is 7.53. The number of nitriles is 1. The van der Waals surface area contributed by atoms with Gasteiger partial charge in [-0.15, -0.1) is 11.8 Å². The molecule has 0 aromatic heterocycles. The monoisotopic (exact) mass is 313 g/mol. The van der Waals surface area contributed by atoms with Gasteiger partial charge in [-0.3, -0.25) is 4.79 Å². The Labute approximate surface area is 131 Å². The molecule has 0 saturated heterocycles. The maximum atomic E-state index is 13.7. The number of benzene rings is 2. The van der Waals surface area contributed by atoms with E-state index in [0.717, 1.165) is 16.5 Å². The zero-order chi connectivity index (χ0) is 15.9. The SMILES string of the molecule is CSc1ccc(/C=N/NC(=O)c2ccc(C#N)cc2F)cc1. The quantitative estimate of drug-likeness (QED) is 0.535. The van der Waals surface area contributed by atoms with Gasteiger partial charge < -0.3 is 0 Å². The van der Waals surface area contributed by atoms with E-state index in [1.807, 2.05) is 30.5 Å². The molecule has 0 fully saturated rings. The maximum Gasteiger partial charge on any atom is 0.274 e. The van der Waals surface area contributed by atoms with Crippen LogP contribution in [0.5, 0.6) is 0 Å². The number of hydrogen-bond acceptors (Lipinski definition) is 4. The summed E-state index contributed by atoms with van der Waals surface area (Å²) in [4.78, 5) is 12.9. The molecule has 0 heterocycles. The summed E-state index contributed by atoms with van der Waals surface area (Å²) in [6.45, 7) is 0. The largest absolute Gasteiger partial charge is 0.274 e. The number of carbonyl (C=O) groups excluding carboxylic acids is 1. The van der Waals surface area contributed by atoms with Gasteiger partial charge in [0.05, 0.1) is 23.4 Å². The molecule has 0 radical (unpaired) electrons. The van der Waals surface area contributed by atoms with E-state index in [1.165, 1.54) is 18.3 Å². The lowest BCUT2D eigenvalue weighted by molar-refractivity contribution is 0.0951. The first kappa shape index (κ1) is 15.7. The van der Waals surface area contributed by atoms with E-state index in [2.05, 4.69) is 10.5 Å². The van der Waals surface area contributed by atoms with Crippen LogP contribution in [0.15, 0.2) is 52.5 Å². The molecule has 0 aliphatic heterocycles. The molecule has 0 aliphatic carbocycles. The predicted molar refractivity (Wildman–Crippen MR) is 84.4 cm³/mol. The predicted octanol–water partition coefficient (Wildman–Crippen LogP) is 3.18. The van der Waals surface area contributed by atoms with Crippen LogP contribution in [0.3, 0.4) is 0 Å². The summed E-state index contributed by atoms with van der Waals surface area (Å²) < 4.78 is 13.7. The highest BCUT2D eigenvalue weighted by molar-refractivity contribution is 7.98. The Bertz CT molecular complexity index is 751. The third-order valence-electron chi connectivity index (χ3n) is 2.84. The smallest absolute Gasteiger partial charge is 0.267 e. The molecule has 0 saturated carbocycles. The summed E-state index contributed by atoms with van der Waals surface area (Å²) in [6, 6.07) is 13.1. The number of nitrogens with one attached hydrogen (secondary N) is 1. The molecule has 2 rings (SSSR count). The van der Waals surface area contributed by atoms with Crippen molar-refractivity contribution in [1.82, 2.24) is 5.43 Å². The number of hydrazone groups is 1. The Kier molecular flexibility index (Phi) is 5.28. The summed E-state index contributed by atoms with van der Waals surface area (Å²) in [5.74, 6) is -1.42. The topological polar surface area (TPSA) is 65.2 Å². The fourth-order valence-electron chi connectivity index (χ4n) is 1.68. The van der Waals surface area contributed by atoms with Crippen molar-refractivity contribution in [2.75, 3.05) is 6.26 Å². The van der Waals surface area contributed by atoms with Crippen LogP contribution in [0.2, 0.25) is 0 Å². The summed E-state index contributed by atoms with van der Waals surface area (Å²) in [7, 11) is 0. The minimum absolute atomic E-state index is 0.158. The van der Waals surface area contributed by atoms with E-state index in [0.29, 0.717) is 0 Å². The zero-order valence-corrected chi connectivity index (χ0v) is 12.5. The highest BCUT2D eigenvalue weighted by Gasteiger charge is 2.11. The Morgan fingerprint density at radius 3 is 2.64 bits per heavy atom. The van der Waals surface area contributed by atoms with Crippen LogP contribution in [0.1, 0.15) is 21.5 Å². The van der Waals surface area contributed by atoms with Crippen LogP contribution in [-0.4, -0.2) is 18.4 Å². The Hall–Kier alpha value is -2.65. The molecule has 1 amide bonds. The van der Waals surface area contributed by atoms with Crippen molar-refractivity contribution < 1.29 is 9.18 Å². The Morgan fingerprint density at radius 1 is 1.32 bits per heavy atom. The van der Waals surface area contributed by atoms with Crippen molar-refractivity contribution in [2.24, 2.45) is 5.10 Å². The highest BCUT2D eigenvalue weighted by atomic mass is 32.2. The molecule has 0 bridgehead atoms. The fraction of sp³-hybridized carbons (Fsp3) is 0.0625. The normalized spacial score (nSPS) is 10.4. The van der Waals surface area contributed by atoms with Gasteiger partial charge in [0, 0.05) is 4.90 Å². The number of halogens is 1. The summed E-state index contributed by atoms with van der Waals surface area (Å²) >= 11 is 1.63. The van der Waals surface area contributed by atoms with Gasteiger partial charge in [0.15, 0.2) is 0 Å². The van der Waals surface area contributed by atoms with Crippen molar-refractivity contribution in [3.8, 4) is 6.07 Å². The van der Waals surface area contributed by atoms with Crippen molar-refractivity contribution in [2.45, 2.75) is 4.90 Å². The fourth-order valence-corrected chi connectivity index (χ4v) is 2.09. The van der Waals surface area contributed by atoms with Gasteiger partial charge in [0.25, 0.3) is 5.91 Å². The van der Waals surface area contributed by atoms with Crippen molar-refractivity contribution in [3.63, 3.8) is 0 Å². The van der Waals surface area contributed by atoms with Gasteiger partial charge in [-0.05, 0) is 42.2 Å². The van der Waals surface area contributed by atoms with Gasteiger partial charge in [-0.2, -0.15) is 10.4 Å². The first-order chi connectivity index (χ1) is 10.6. The molecule has 6 heteroatoms. The second-order valence-corrected chi connectivity index (χ2v) is 5.16. The number of thioether (sulfide) groups is 1. The minimum Gasteiger partial charge on any atom is -0.267 e. The van der Waals surface area contributed by atoms with E-state index in [1.54, 1.807) is 17.8 Å². The lowest BCUT2D eigenvalue weighted by Gasteiger charge is -2.02. The summed E-state index contributed by atoms with van der Waals surface area (Å²) in [5.41, 5.74) is 3.07. The van der Waals surface area contributed by atoms with Crippen LogP contribution in [-0.2, 0) is 0 Å². The standard InChI is InChI=1S/C16H12FN3OS/c1-22-13-5-2-11(3-6-13)10-19-20-16(21)14-7-4-12(9-18)8-15(14)17/h2-8,10H,1H3,(H,20,21)/b19-10+. The van der Waals surface area contributed by atoms with Crippen LogP contribution < -0.4 is 5.43 Å². The molecule has 22 heavy (non-hydrogen) atoms. The number of carbonyl (C=O) groups is 1. The minimum atomic E-state index is -0.754. The molecule has 1 N–H and O–H groups in total. The second kappa shape index (κ2) is 7.38. The number of nitrogens with zero attached hydrogens (tertiary/aromatic N) is 2. The third kappa shape index (κ3) is 3.93. The lowest BCUT2D eigenvalue weighted by Crippen LogP contribution is -2.19. The number of amides is 1. The first-order valence-electron chi connectivity index (χ1n) is 6.31. The molecular weight excluding hydrogens is 301 g/mol. The van der Waals surface area contributed by atoms with Gasteiger partial charge in [0.2, 0.25) is 0 Å². The molecule has 0 aliphatic rings. The van der Waals surface area contributed by atoms with E-state index in [9.17, 15) is 9.18 Å². The maximum absolute atomic E-state index is 13.7. The van der Waals surface area contributed by atoms with Crippen LogP contribution in [0.25, 0.3) is 0 Å². The van der Waals surface area contributed by atoms with Crippen LogP contribution >= 0.6 is 11.8 Å². The van der Waals surface area contributed by atoms with Crippen LogP contribution in [0.4, 0.5) is 4.39 Å². The molecule has 2 aromatic rings. The summed E-state index contributed by atoms with van der Waals surface area (Å²) in [5, 5.41) is 12.4. The average Bonchev–Trinajstić information content (AvgIpc) is 2.55. The van der Waals surface area contributed by atoms with E-state index in [4.69, 9.17) is 5.26 Å². The van der Waals surface area contributed by atoms with E-state index >= 15 is 0 Å².